The molecule has 0 saturated heterocycles. The first-order valence-electron chi connectivity index (χ1n) is 10.4. The normalized spacial score (nSPS) is 43.8. The van der Waals surface area contributed by atoms with E-state index in [4.69, 9.17) is 22.0 Å². The first kappa shape index (κ1) is 1.43. The molecule has 0 spiro atoms. The van der Waals surface area contributed by atoms with Crippen molar-refractivity contribution in [2.24, 2.45) is 0 Å². The third kappa shape index (κ3) is 4.79. The third-order valence-corrected chi connectivity index (χ3v) is 0.614. The van der Waals surface area contributed by atoms with Gasteiger partial charge in [0.15, 0.2) is 0 Å². The second-order valence-electron chi connectivity index (χ2n) is 1.23. The van der Waals surface area contributed by atoms with E-state index in [9.17, 15) is 4.79 Å². The Balaban J connectivity index is 6.85. The van der Waals surface area contributed by atoms with Crippen molar-refractivity contribution < 1.29 is 31.5 Å². The van der Waals surface area contributed by atoms with Crippen molar-refractivity contribution in [3.63, 3.8) is 0 Å². The number of hydrogen-bond acceptors (Lipinski definition) is 3. The molecule has 1 atom stereocenters. The Bertz CT molecular complexity index is 552. The molecule has 0 aromatic carbocycles. The number of ether oxygens (including phenoxy) is 1. The standard InChI is InChI=1S/C8H17NO2/c1-4-7(9-5-2)6-8(10)11-3/h7,9H,4-6H2,1-3H3/i1D3,2D3,3D2,4D2,5D2,6D2,7D/hD. The van der Waals surface area contributed by atoms with E-state index < -0.39 is 57.3 Å². The SMILES string of the molecule is [2H]C([2H])OC(=O)C([2H])([2H])C([2H])(N([2H])C([2H])([2H])C([2H])([2H])[2H])C([2H])([2H])C([2H])([2H])[2H]. The van der Waals surface area contributed by atoms with Gasteiger partial charge in [-0.15, -0.1) is 0 Å². The van der Waals surface area contributed by atoms with Crippen LogP contribution in [-0.2, 0) is 9.53 Å². The van der Waals surface area contributed by atoms with Gasteiger partial charge < -0.3 is 10.0 Å². The lowest BCUT2D eigenvalue weighted by molar-refractivity contribution is -0.141. The van der Waals surface area contributed by atoms with Gasteiger partial charge in [0.1, 0.15) is 1.41 Å². The molecule has 0 fully saturated rings. The van der Waals surface area contributed by atoms with Crippen LogP contribution in [0.4, 0.5) is 0 Å². The average molecular weight is 175 g/mol. The minimum absolute atomic E-state index is 1.09. The molecule has 0 aliphatic carbocycles. The molecule has 0 radical (unpaired) electrons. The van der Waals surface area contributed by atoms with Gasteiger partial charge in [0.25, 0.3) is 0 Å². The molecule has 3 nitrogen and oxygen atoms in total. The van der Waals surface area contributed by atoms with E-state index >= 15 is 0 Å². The van der Waals surface area contributed by atoms with Crippen LogP contribution in [0.5, 0.6) is 0 Å². The lowest BCUT2D eigenvalue weighted by atomic mass is 10.1. The van der Waals surface area contributed by atoms with Gasteiger partial charge in [0.05, 0.1) is 16.2 Å². The van der Waals surface area contributed by atoms with Crippen molar-refractivity contribution in [2.75, 3.05) is 13.6 Å². The van der Waals surface area contributed by atoms with Crippen molar-refractivity contribution >= 4 is 5.97 Å². The molecule has 0 aliphatic heterocycles. The topological polar surface area (TPSA) is 38.3 Å². The summed E-state index contributed by atoms with van der Waals surface area (Å²) >= 11 is 0. The Hall–Kier alpha value is -0.570. The molecule has 1 N–H and O–H groups in total. The third-order valence-electron chi connectivity index (χ3n) is 0.614. The summed E-state index contributed by atoms with van der Waals surface area (Å²) < 4.78 is 121. The van der Waals surface area contributed by atoms with Crippen molar-refractivity contribution in [2.45, 2.75) is 32.5 Å². The van der Waals surface area contributed by atoms with Crippen molar-refractivity contribution in [1.29, 1.82) is 0 Å². The predicted molar refractivity (Wildman–Crippen MR) is 44.4 cm³/mol. The van der Waals surface area contributed by atoms with Crippen LogP contribution in [0, 0.1) is 0 Å². The zero-order chi connectivity index (χ0) is 22.4. The minimum atomic E-state index is -4.34. The molecule has 11 heavy (non-hydrogen) atoms. The summed E-state index contributed by atoms with van der Waals surface area (Å²) in [5.41, 5.74) is 0. The Morgan fingerprint density at radius 3 is 3.55 bits per heavy atom. The molecule has 0 saturated carbocycles. The van der Waals surface area contributed by atoms with Crippen LogP contribution in [-0.4, -0.2) is 25.5 Å². The van der Waals surface area contributed by atoms with Gasteiger partial charge in [-0.05, 0) is 12.9 Å². The maximum absolute atomic E-state index is 11.9. The Morgan fingerprint density at radius 2 is 2.91 bits per heavy atom. The maximum atomic E-state index is 11.9. The monoisotopic (exact) mass is 175 g/mol. The van der Waals surface area contributed by atoms with Crippen molar-refractivity contribution in [1.82, 2.24) is 5.31 Å². The Kier molecular flexibility index (Phi) is 0.803. The summed E-state index contributed by atoms with van der Waals surface area (Å²) in [6.07, 6.45) is -8.38. The number of hydrogen-bond donors (Lipinski definition) is 1. The molecule has 0 rings (SSSR count). The largest absolute Gasteiger partial charge is 0.469 e. The van der Waals surface area contributed by atoms with E-state index in [1.165, 1.54) is 0 Å². The molecule has 0 aromatic heterocycles. The summed E-state index contributed by atoms with van der Waals surface area (Å²) in [6, 6.07) is -4.34. The Labute approximate surface area is 90.7 Å². The van der Waals surface area contributed by atoms with Crippen LogP contribution >= 0.6 is 0 Å². The number of rotatable bonds is 5. The fourth-order valence-electron chi connectivity index (χ4n) is 0.269. The smallest absolute Gasteiger partial charge is 0.307 e. The second kappa shape index (κ2) is 6.16. The van der Waals surface area contributed by atoms with Gasteiger partial charge in [0.2, 0.25) is 0 Å². The molecule has 0 aromatic rings. The lowest BCUT2D eigenvalue weighted by Crippen LogP contribution is -2.30. The van der Waals surface area contributed by atoms with Crippen LogP contribution in [0.15, 0.2) is 0 Å². The van der Waals surface area contributed by atoms with E-state index in [-0.39, 0.29) is 0 Å². The highest BCUT2D eigenvalue weighted by Crippen LogP contribution is 1.98. The summed E-state index contributed by atoms with van der Waals surface area (Å²) in [5.74, 6) is -2.32. The van der Waals surface area contributed by atoms with E-state index in [2.05, 4.69) is 4.74 Å². The number of esters is 1. The molecular weight excluding hydrogens is 142 g/mol. The van der Waals surface area contributed by atoms with Gasteiger partial charge in [-0.1, -0.05) is 13.7 Å². The van der Waals surface area contributed by atoms with Gasteiger partial charge in [-0.25, -0.2) is 0 Å². The molecular formula is C8H17NO2. The minimum Gasteiger partial charge on any atom is -0.469 e. The molecule has 0 aliphatic rings. The molecule has 0 heterocycles. The summed E-state index contributed by atoms with van der Waals surface area (Å²) in [5, 5.41) is -1.09. The van der Waals surface area contributed by atoms with Crippen LogP contribution < -0.4 is 5.31 Å². The molecule has 0 bridgehead atoms. The summed E-state index contributed by atoms with van der Waals surface area (Å²) in [7, 11) is -2.48. The zero-order valence-corrected chi connectivity index (χ0v) is 5.34. The fraction of sp³-hybridized carbons (Fsp3) is 0.875. The first-order chi connectivity index (χ1) is 11.5. The van der Waals surface area contributed by atoms with E-state index in [0.29, 0.717) is 0 Å². The van der Waals surface area contributed by atoms with Gasteiger partial charge in [-0.3, -0.25) is 4.79 Å². The molecule has 66 valence electrons. The first-order valence-corrected chi connectivity index (χ1v) is 2.34. The molecule has 1 unspecified atom stereocenters. The lowest BCUT2D eigenvalue weighted by Gasteiger charge is -2.13. The Morgan fingerprint density at radius 1 is 2.00 bits per heavy atom. The second-order valence-corrected chi connectivity index (χ2v) is 1.23. The van der Waals surface area contributed by atoms with Crippen LogP contribution in [0.1, 0.15) is 47.0 Å². The van der Waals surface area contributed by atoms with E-state index in [1.807, 2.05) is 0 Å². The molecule has 3 heteroatoms. The summed E-state index contributed by atoms with van der Waals surface area (Å²) in [4.78, 5) is 11.9. The van der Waals surface area contributed by atoms with E-state index in [0.717, 1.165) is 0 Å². The molecule has 0 amide bonds. The van der Waals surface area contributed by atoms with Crippen molar-refractivity contribution in [3.05, 3.63) is 0 Å². The highest BCUT2D eigenvalue weighted by molar-refractivity contribution is 5.69. The summed E-state index contributed by atoms with van der Waals surface area (Å²) in [6.45, 7) is -11.7. The predicted octanol–water partition coefficient (Wildman–Crippen LogP) is 0.938. The van der Waals surface area contributed by atoms with Crippen molar-refractivity contribution in [3.8, 4) is 0 Å². The van der Waals surface area contributed by atoms with Gasteiger partial charge in [-0.2, -0.15) is 0 Å². The zero-order valence-electron chi connectivity index (χ0n) is 21.3. The maximum Gasteiger partial charge on any atom is 0.307 e. The fourth-order valence-corrected chi connectivity index (χ4v) is 0.269. The number of nitrogens with one attached hydrogen (secondary N) is 1. The highest BCUT2D eigenvalue weighted by atomic mass is 16.5. The highest BCUT2D eigenvalue weighted by Gasteiger charge is 2.09. The quantitative estimate of drug-likeness (QED) is 0.632. The average Bonchev–Trinajstić information content (AvgIpc) is 2.41. The van der Waals surface area contributed by atoms with Crippen LogP contribution in [0.2, 0.25) is 1.41 Å². The van der Waals surface area contributed by atoms with E-state index in [1.54, 1.807) is 0 Å². The van der Waals surface area contributed by atoms with Gasteiger partial charge >= 0.3 is 5.97 Å². The van der Waals surface area contributed by atoms with Crippen LogP contribution in [0.25, 0.3) is 0 Å². The number of carbonyl (C=O) groups is 1. The number of methoxy groups -OCH3 is 1. The van der Waals surface area contributed by atoms with Crippen LogP contribution in [0.3, 0.4) is 0 Å². The van der Waals surface area contributed by atoms with Gasteiger partial charge in [0, 0.05) is 23.8 Å². The number of carbonyl (C=O) groups excluding carboxylic acids is 1.